The summed E-state index contributed by atoms with van der Waals surface area (Å²) in [6.45, 7) is 4.86. The molecule has 1 aromatic rings. The van der Waals surface area contributed by atoms with Crippen LogP contribution in [0.15, 0.2) is 4.79 Å². The molecule has 2 aliphatic rings. The first-order valence-corrected chi connectivity index (χ1v) is 9.24. The molecule has 1 saturated carbocycles. The first-order valence-electron chi connectivity index (χ1n) is 9.24. The lowest BCUT2D eigenvalue weighted by Gasteiger charge is -2.31. The molecule has 0 atom stereocenters. The van der Waals surface area contributed by atoms with Crippen molar-refractivity contribution in [1.82, 2.24) is 24.6 Å². The third kappa shape index (κ3) is 3.55. The van der Waals surface area contributed by atoms with E-state index < -0.39 is 0 Å². The van der Waals surface area contributed by atoms with Gasteiger partial charge >= 0.3 is 5.69 Å². The molecule has 0 spiro atoms. The second-order valence-corrected chi connectivity index (χ2v) is 7.08. The molecule has 7 heteroatoms. The van der Waals surface area contributed by atoms with E-state index in [1.165, 1.54) is 17.5 Å². The Balaban J connectivity index is 1.67. The Morgan fingerprint density at radius 1 is 1.21 bits per heavy atom. The molecule has 0 radical (unpaired) electrons. The number of aromatic nitrogens is 3. The van der Waals surface area contributed by atoms with Crippen molar-refractivity contribution < 1.29 is 4.79 Å². The van der Waals surface area contributed by atoms with Gasteiger partial charge in [0.1, 0.15) is 5.82 Å². The number of carbonyl (C=O) groups is 1. The number of hydrogen-bond acceptors (Lipinski definition) is 4. The van der Waals surface area contributed by atoms with Gasteiger partial charge in [-0.3, -0.25) is 14.3 Å². The Morgan fingerprint density at radius 2 is 1.88 bits per heavy atom. The van der Waals surface area contributed by atoms with E-state index in [1.807, 2.05) is 11.5 Å². The van der Waals surface area contributed by atoms with Crippen LogP contribution in [0.5, 0.6) is 0 Å². The van der Waals surface area contributed by atoms with E-state index in [2.05, 4.69) is 15.3 Å². The van der Waals surface area contributed by atoms with Gasteiger partial charge in [0.25, 0.3) is 0 Å². The molecule has 0 aromatic carbocycles. The van der Waals surface area contributed by atoms with E-state index in [1.54, 1.807) is 7.05 Å². The number of likely N-dealkylation sites (N-methyl/N-ethyl adjacent to an activating group) is 1. The number of carbonyl (C=O) groups excluding carboxylic acids is 1. The maximum Gasteiger partial charge on any atom is 0.345 e. The van der Waals surface area contributed by atoms with Crippen LogP contribution in [-0.2, 0) is 11.8 Å². The lowest BCUT2D eigenvalue weighted by molar-refractivity contribution is -0.122. The first kappa shape index (κ1) is 17.2. The molecule has 2 fully saturated rings. The van der Waals surface area contributed by atoms with Gasteiger partial charge in [-0.2, -0.15) is 5.10 Å². The average Bonchev–Trinajstić information content (AvgIpc) is 3.17. The van der Waals surface area contributed by atoms with Gasteiger partial charge in [0.15, 0.2) is 0 Å². The Hall–Kier alpha value is -1.63. The third-order valence-corrected chi connectivity index (χ3v) is 5.37. The van der Waals surface area contributed by atoms with Crippen LogP contribution < -0.4 is 11.0 Å². The van der Waals surface area contributed by atoms with Gasteiger partial charge in [0, 0.05) is 25.6 Å². The number of nitrogens with one attached hydrogen (secondary N) is 1. The maximum absolute atomic E-state index is 12.5. The number of amides is 1. The minimum atomic E-state index is 0.0293. The van der Waals surface area contributed by atoms with Gasteiger partial charge in [-0.1, -0.05) is 12.8 Å². The normalized spacial score (nSPS) is 20.6. The van der Waals surface area contributed by atoms with Crippen LogP contribution in [0.25, 0.3) is 0 Å². The fourth-order valence-electron chi connectivity index (χ4n) is 4.09. The molecule has 1 aliphatic carbocycles. The highest BCUT2D eigenvalue weighted by molar-refractivity contribution is 5.77. The van der Waals surface area contributed by atoms with E-state index in [-0.39, 0.29) is 11.6 Å². The lowest BCUT2D eigenvalue weighted by atomic mass is 9.95. The molecule has 0 unspecified atom stereocenters. The number of nitrogens with zero attached hydrogens (tertiary/aromatic N) is 4. The van der Waals surface area contributed by atoms with Crippen LogP contribution >= 0.6 is 0 Å². The molecular weight excluding hydrogens is 306 g/mol. The number of piperidine rings is 1. The molecule has 134 valence electrons. The van der Waals surface area contributed by atoms with Gasteiger partial charge in [-0.05, 0) is 45.7 Å². The summed E-state index contributed by atoms with van der Waals surface area (Å²) < 4.78 is 3.46. The van der Waals surface area contributed by atoms with E-state index in [4.69, 9.17) is 0 Å². The summed E-state index contributed by atoms with van der Waals surface area (Å²) in [7, 11) is 1.75. The van der Waals surface area contributed by atoms with Crippen LogP contribution in [-0.4, -0.2) is 51.3 Å². The minimum Gasteiger partial charge on any atom is -0.355 e. The summed E-state index contributed by atoms with van der Waals surface area (Å²) in [5.41, 5.74) is 0.0293. The van der Waals surface area contributed by atoms with Gasteiger partial charge in [-0.25, -0.2) is 9.48 Å². The molecule has 2 heterocycles. The summed E-state index contributed by atoms with van der Waals surface area (Å²) in [6, 6.07) is 0.328. The summed E-state index contributed by atoms with van der Waals surface area (Å²) in [6.07, 6.45) is 6.52. The zero-order valence-corrected chi connectivity index (χ0v) is 14.8. The van der Waals surface area contributed by atoms with Crippen molar-refractivity contribution in [3.8, 4) is 0 Å². The predicted octanol–water partition coefficient (Wildman–Crippen LogP) is 1.01. The molecule has 1 aliphatic heterocycles. The Kier molecular flexibility index (Phi) is 5.38. The van der Waals surface area contributed by atoms with E-state index >= 15 is 0 Å². The quantitative estimate of drug-likeness (QED) is 0.872. The number of likely N-dealkylation sites (tertiary alicyclic amines) is 1. The Morgan fingerprint density at radius 3 is 2.50 bits per heavy atom. The fraction of sp³-hybridized carbons (Fsp3) is 0.824. The SMILES string of the molecule is CCNC(=O)CN1CCC(c2nn(C)c(=O)n2C2CCCC2)CC1. The third-order valence-electron chi connectivity index (χ3n) is 5.37. The monoisotopic (exact) mass is 335 g/mol. The summed E-state index contributed by atoms with van der Waals surface area (Å²) in [5, 5.41) is 7.41. The van der Waals surface area contributed by atoms with Crippen LogP contribution in [0.3, 0.4) is 0 Å². The van der Waals surface area contributed by atoms with Gasteiger partial charge in [0.05, 0.1) is 6.54 Å². The molecule has 1 saturated heterocycles. The highest BCUT2D eigenvalue weighted by Crippen LogP contribution is 2.33. The van der Waals surface area contributed by atoms with Gasteiger partial charge in [-0.15, -0.1) is 0 Å². The topological polar surface area (TPSA) is 72.2 Å². The minimum absolute atomic E-state index is 0.0293. The maximum atomic E-state index is 12.5. The van der Waals surface area contributed by atoms with Crippen LogP contribution in [0, 0.1) is 0 Å². The zero-order chi connectivity index (χ0) is 17.1. The van der Waals surface area contributed by atoms with E-state index in [0.717, 1.165) is 44.6 Å². The van der Waals surface area contributed by atoms with E-state index in [0.29, 0.717) is 25.0 Å². The zero-order valence-electron chi connectivity index (χ0n) is 14.8. The van der Waals surface area contributed by atoms with Crippen molar-refractivity contribution in [1.29, 1.82) is 0 Å². The molecule has 24 heavy (non-hydrogen) atoms. The standard InChI is InChI=1S/C17H29N5O2/c1-3-18-15(23)12-21-10-8-13(9-11-21)16-19-20(2)17(24)22(16)14-6-4-5-7-14/h13-14H,3-12H2,1-2H3,(H,18,23). The van der Waals surface area contributed by atoms with Crippen molar-refractivity contribution in [3.63, 3.8) is 0 Å². The fourth-order valence-corrected chi connectivity index (χ4v) is 4.09. The predicted molar refractivity (Wildman–Crippen MR) is 92.1 cm³/mol. The van der Waals surface area contributed by atoms with Crippen molar-refractivity contribution in [2.75, 3.05) is 26.2 Å². The van der Waals surface area contributed by atoms with Crippen molar-refractivity contribution in [2.45, 2.75) is 57.4 Å². The average molecular weight is 335 g/mol. The highest BCUT2D eigenvalue weighted by Gasteiger charge is 2.30. The molecule has 3 rings (SSSR count). The van der Waals surface area contributed by atoms with Crippen molar-refractivity contribution in [2.24, 2.45) is 7.05 Å². The van der Waals surface area contributed by atoms with Gasteiger partial charge in [0.2, 0.25) is 5.91 Å². The largest absolute Gasteiger partial charge is 0.355 e. The highest BCUT2D eigenvalue weighted by atomic mass is 16.2. The number of hydrogen-bond donors (Lipinski definition) is 1. The summed E-state index contributed by atoms with van der Waals surface area (Å²) >= 11 is 0. The van der Waals surface area contributed by atoms with Crippen LogP contribution in [0.1, 0.15) is 63.2 Å². The second kappa shape index (κ2) is 7.51. The molecule has 1 N–H and O–H groups in total. The summed E-state index contributed by atoms with van der Waals surface area (Å²) in [4.78, 5) is 26.4. The lowest BCUT2D eigenvalue weighted by Crippen LogP contribution is -2.41. The van der Waals surface area contributed by atoms with Crippen molar-refractivity contribution in [3.05, 3.63) is 16.3 Å². The molecule has 0 bridgehead atoms. The first-order chi connectivity index (χ1) is 11.6. The van der Waals surface area contributed by atoms with Gasteiger partial charge < -0.3 is 5.32 Å². The Labute approximate surface area is 143 Å². The van der Waals surface area contributed by atoms with Crippen LogP contribution in [0.4, 0.5) is 0 Å². The van der Waals surface area contributed by atoms with Crippen LogP contribution in [0.2, 0.25) is 0 Å². The summed E-state index contributed by atoms with van der Waals surface area (Å²) in [5.74, 6) is 1.38. The second-order valence-electron chi connectivity index (χ2n) is 7.08. The molecular formula is C17H29N5O2. The molecule has 1 aromatic heterocycles. The Bertz CT molecular complexity index is 621. The number of aryl methyl sites for hydroxylation is 1. The molecule has 7 nitrogen and oxygen atoms in total. The van der Waals surface area contributed by atoms with Crippen molar-refractivity contribution >= 4 is 5.91 Å². The smallest absolute Gasteiger partial charge is 0.345 e. The molecule has 1 amide bonds. The number of rotatable bonds is 5. The van der Waals surface area contributed by atoms with E-state index in [9.17, 15) is 9.59 Å².